The van der Waals surface area contributed by atoms with Gasteiger partial charge in [-0.25, -0.2) is 4.98 Å². The molecule has 1 N–H and O–H groups in total. The van der Waals surface area contributed by atoms with Crippen LogP contribution in [0.25, 0.3) is 0 Å². The monoisotopic (exact) mass is 230 g/mol. The Labute approximate surface area is 99.9 Å². The highest BCUT2D eigenvalue weighted by molar-refractivity contribution is 5.30. The minimum absolute atomic E-state index is 0.491. The summed E-state index contributed by atoms with van der Waals surface area (Å²) in [5.41, 5.74) is 1.58. The van der Waals surface area contributed by atoms with E-state index in [0.717, 1.165) is 11.3 Å². The first-order chi connectivity index (χ1) is 8.16. The molecular weight excluding hydrogens is 216 g/mol. The Bertz CT molecular complexity index is 495. The molecule has 17 heavy (non-hydrogen) atoms. The first-order valence-electron chi connectivity index (χ1n) is 5.40. The minimum atomic E-state index is -0.517. The van der Waals surface area contributed by atoms with Gasteiger partial charge in [0.1, 0.15) is 0 Å². The van der Waals surface area contributed by atoms with E-state index in [-0.39, 0.29) is 0 Å². The molecule has 0 aliphatic carbocycles. The largest absolute Gasteiger partial charge is 0.437 e. The van der Waals surface area contributed by atoms with Crippen molar-refractivity contribution in [2.24, 2.45) is 0 Å². The maximum atomic E-state index is 9.36. The summed E-state index contributed by atoms with van der Waals surface area (Å²) in [6.07, 6.45) is 2.80. The number of pyridine rings is 2. The normalized spacial score (nSPS) is 12.2. The van der Waals surface area contributed by atoms with Gasteiger partial charge in [0, 0.05) is 18.5 Å². The number of aromatic nitrogens is 2. The SMILES string of the molecule is Cc1ncccc1Oc1ccc([C@@H](C)O)cn1. The molecule has 88 valence electrons. The summed E-state index contributed by atoms with van der Waals surface area (Å²) in [4.78, 5) is 8.25. The van der Waals surface area contributed by atoms with Gasteiger partial charge in [-0.15, -0.1) is 0 Å². The molecule has 0 amide bonds. The highest BCUT2D eigenvalue weighted by atomic mass is 16.5. The summed E-state index contributed by atoms with van der Waals surface area (Å²) in [5, 5.41) is 9.36. The molecule has 4 heteroatoms. The van der Waals surface area contributed by atoms with Crippen LogP contribution in [0, 0.1) is 6.92 Å². The van der Waals surface area contributed by atoms with Crippen LogP contribution in [-0.2, 0) is 0 Å². The van der Waals surface area contributed by atoms with Crippen LogP contribution in [0.1, 0.15) is 24.3 Å². The van der Waals surface area contributed by atoms with Crippen LogP contribution in [0.15, 0.2) is 36.7 Å². The van der Waals surface area contributed by atoms with E-state index in [2.05, 4.69) is 9.97 Å². The molecule has 0 radical (unpaired) electrons. The van der Waals surface area contributed by atoms with Crippen molar-refractivity contribution in [2.45, 2.75) is 20.0 Å². The summed E-state index contributed by atoms with van der Waals surface area (Å²) >= 11 is 0. The quantitative estimate of drug-likeness (QED) is 0.880. The zero-order valence-corrected chi connectivity index (χ0v) is 9.79. The van der Waals surface area contributed by atoms with Crippen LogP contribution >= 0.6 is 0 Å². The first kappa shape index (κ1) is 11.5. The lowest BCUT2D eigenvalue weighted by atomic mass is 10.2. The van der Waals surface area contributed by atoms with Crippen molar-refractivity contribution in [1.29, 1.82) is 0 Å². The molecule has 0 fully saturated rings. The second-order valence-corrected chi connectivity index (χ2v) is 3.79. The number of hydrogen-bond acceptors (Lipinski definition) is 4. The van der Waals surface area contributed by atoms with Gasteiger partial charge >= 0.3 is 0 Å². The Morgan fingerprint density at radius 2 is 2.06 bits per heavy atom. The van der Waals surface area contributed by atoms with Gasteiger partial charge in [-0.2, -0.15) is 0 Å². The van der Waals surface area contributed by atoms with Crippen molar-refractivity contribution in [3.05, 3.63) is 47.9 Å². The van der Waals surface area contributed by atoms with E-state index in [1.54, 1.807) is 31.5 Å². The van der Waals surface area contributed by atoms with E-state index >= 15 is 0 Å². The van der Waals surface area contributed by atoms with Crippen LogP contribution < -0.4 is 4.74 Å². The molecule has 0 aromatic carbocycles. The Balaban J connectivity index is 2.17. The first-order valence-corrected chi connectivity index (χ1v) is 5.40. The Hall–Kier alpha value is -1.94. The summed E-state index contributed by atoms with van der Waals surface area (Å²) in [7, 11) is 0. The lowest BCUT2D eigenvalue weighted by Gasteiger charge is -2.08. The highest BCUT2D eigenvalue weighted by Crippen LogP contribution is 2.22. The van der Waals surface area contributed by atoms with E-state index in [0.29, 0.717) is 11.6 Å². The van der Waals surface area contributed by atoms with E-state index < -0.39 is 6.10 Å². The minimum Gasteiger partial charge on any atom is -0.437 e. The van der Waals surface area contributed by atoms with Gasteiger partial charge in [-0.05, 0) is 37.6 Å². The second-order valence-electron chi connectivity index (χ2n) is 3.79. The molecule has 2 rings (SSSR count). The van der Waals surface area contributed by atoms with Gasteiger partial charge in [0.15, 0.2) is 5.75 Å². The Morgan fingerprint density at radius 3 is 2.65 bits per heavy atom. The van der Waals surface area contributed by atoms with Gasteiger partial charge in [0.05, 0.1) is 11.8 Å². The standard InChI is InChI=1S/C13H14N2O2/c1-9-12(4-3-7-14-9)17-13-6-5-11(8-15-13)10(2)16/h3-8,10,16H,1-2H3/t10-/m1/s1. The van der Waals surface area contributed by atoms with Crippen LogP contribution in [-0.4, -0.2) is 15.1 Å². The van der Waals surface area contributed by atoms with E-state index in [9.17, 15) is 5.11 Å². The second kappa shape index (κ2) is 4.93. The molecule has 2 aromatic heterocycles. The van der Waals surface area contributed by atoms with E-state index in [1.807, 2.05) is 19.1 Å². The lowest BCUT2D eigenvalue weighted by Crippen LogP contribution is -1.95. The molecule has 0 bridgehead atoms. The average molecular weight is 230 g/mol. The molecule has 0 aliphatic heterocycles. The van der Waals surface area contributed by atoms with Crippen LogP contribution in [0.4, 0.5) is 0 Å². The molecule has 1 atom stereocenters. The fraction of sp³-hybridized carbons (Fsp3) is 0.231. The maximum Gasteiger partial charge on any atom is 0.219 e. The molecular formula is C13H14N2O2. The molecule has 2 heterocycles. The number of ether oxygens (including phenoxy) is 1. The van der Waals surface area contributed by atoms with Crippen molar-refractivity contribution in [3.63, 3.8) is 0 Å². The number of rotatable bonds is 3. The van der Waals surface area contributed by atoms with Gasteiger partial charge in [0.2, 0.25) is 5.88 Å². The molecule has 0 spiro atoms. The van der Waals surface area contributed by atoms with Crippen molar-refractivity contribution in [2.75, 3.05) is 0 Å². The lowest BCUT2D eigenvalue weighted by molar-refractivity contribution is 0.198. The zero-order chi connectivity index (χ0) is 12.3. The number of aliphatic hydroxyl groups is 1. The number of nitrogens with zero attached hydrogens (tertiary/aromatic N) is 2. The Morgan fingerprint density at radius 1 is 1.24 bits per heavy atom. The van der Waals surface area contributed by atoms with E-state index in [4.69, 9.17) is 4.74 Å². The van der Waals surface area contributed by atoms with Crippen LogP contribution in [0.5, 0.6) is 11.6 Å². The topological polar surface area (TPSA) is 55.2 Å². The molecule has 4 nitrogen and oxygen atoms in total. The van der Waals surface area contributed by atoms with Crippen molar-refractivity contribution in [1.82, 2.24) is 9.97 Å². The van der Waals surface area contributed by atoms with Crippen molar-refractivity contribution < 1.29 is 9.84 Å². The van der Waals surface area contributed by atoms with Crippen molar-refractivity contribution in [3.8, 4) is 11.6 Å². The third-order valence-electron chi connectivity index (χ3n) is 2.41. The summed E-state index contributed by atoms with van der Waals surface area (Å²) in [5.74, 6) is 1.18. The van der Waals surface area contributed by atoms with Crippen LogP contribution in [0.3, 0.4) is 0 Å². The van der Waals surface area contributed by atoms with Crippen LogP contribution in [0.2, 0.25) is 0 Å². The van der Waals surface area contributed by atoms with Gasteiger partial charge in [0.25, 0.3) is 0 Å². The number of hydrogen-bond donors (Lipinski definition) is 1. The predicted octanol–water partition coefficient (Wildman–Crippen LogP) is 2.63. The highest BCUT2D eigenvalue weighted by Gasteiger charge is 2.04. The maximum absolute atomic E-state index is 9.36. The Kier molecular flexibility index (Phi) is 3.35. The molecule has 0 saturated heterocycles. The zero-order valence-electron chi connectivity index (χ0n) is 9.79. The smallest absolute Gasteiger partial charge is 0.219 e. The fourth-order valence-corrected chi connectivity index (χ4v) is 1.39. The molecule has 2 aromatic rings. The average Bonchev–Trinajstić information content (AvgIpc) is 2.33. The molecule has 0 aliphatic rings. The third-order valence-corrected chi connectivity index (χ3v) is 2.41. The van der Waals surface area contributed by atoms with Gasteiger partial charge in [-0.1, -0.05) is 0 Å². The van der Waals surface area contributed by atoms with E-state index in [1.165, 1.54) is 0 Å². The number of aliphatic hydroxyl groups excluding tert-OH is 1. The predicted molar refractivity (Wildman–Crippen MR) is 63.9 cm³/mol. The molecule has 0 unspecified atom stereocenters. The molecule has 0 saturated carbocycles. The fourth-order valence-electron chi connectivity index (χ4n) is 1.39. The van der Waals surface area contributed by atoms with Gasteiger partial charge < -0.3 is 9.84 Å². The summed E-state index contributed by atoms with van der Waals surface area (Å²) < 4.78 is 5.59. The van der Waals surface area contributed by atoms with Crippen molar-refractivity contribution >= 4 is 0 Å². The third kappa shape index (κ3) is 2.79. The number of aryl methyl sites for hydroxylation is 1. The van der Waals surface area contributed by atoms with Gasteiger partial charge in [-0.3, -0.25) is 4.98 Å². The summed E-state index contributed by atoms with van der Waals surface area (Å²) in [6.45, 7) is 3.57. The summed E-state index contributed by atoms with van der Waals surface area (Å²) in [6, 6.07) is 7.17.